The first kappa shape index (κ1) is 16.2. The van der Waals surface area contributed by atoms with Crippen molar-refractivity contribution in [3.63, 3.8) is 0 Å². The van der Waals surface area contributed by atoms with Crippen LogP contribution in [0, 0.1) is 5.41 Å². The Hall–Kier alpha value is -0.830. The summed E-state index contributed by atoms with van der Waals surface area (Å²) in [6.07, 6.45) is 6.45. The summed E-state index contributed by atoms with van der Waals surface area (Å²) in [5, 5.41) is 0. The summed E-state index contributed by atoms with van der Waals surface area (Å²) in [7, 11) is 1.38. The smallest absolute Gasteiger partial charge is 0.330 e. The van der Waals surface area contributed by atoms with Gasteiger partial charge in [0.15, 0.2) is 0 Å². The van der Waals surface area contributed by atoms with Crippen molar-refractivity contribution >= 4 is 5.97 Å². The second-order valence-electron chi connectivity index (χ2n) is 4.84. The Balaban J connectivity index is 4.42. The highest BCUT2D eigenvalue weighted by atomic mass is 16.5. The quantitative estimate of drug-likeness (QED) is 0.484. The van der Waals surface area contributed by atoms with E-state index in [2.05, 4.69) is 25.5 Å². The van der Waals surface area contributed by atoms with Crippen LogP contribution < -0.4 is 0 Å². The highest BCUT2D eigenvalue weighted by Gasteiger charge is 2.28. The lowest BCUT2D eigenvalue weighted by molar-refractivity contribution is -0.134. The average Bonchev–Trinajstić information content (AvgIpc) is 2.27. The van der Waals surface area contributed by atoms with Gasteiger partial charge in [-0.3, -0.25) is 0 Å². The Morgan fingerprint density at radius 2 is 2.00 bits per heavy atom. The number of methoxy groups -OCH3 is 1. The summed E-state index contributed by atoms with van der Waals surface area (Å²) in [6.45, 7) is 9.30. The molecule has 1 atom stereocenters. The molecule has 0 aliphatic carbocycles. The van der Waals surface area contributed by atoms with E-state index in [1.165, 1.54) is 13.2 Å². The van der Waals surface area contributed by atoms with Gasteiger partial charge < -0.3 is 9.47 Å². The Morgan fingerprint density at radius 3 is 2.47 bits per heavy atom. The normalized spacial score (nSPS) is 13.9. The van der Waals surface area contributed by atoms with Gasteiger partial charge in [-0.15, -0.1) is 0 Å². The standard InChI is InChI=1S/C14H26O3/c1-6-11-14(3,4)12(17-7-2)9-8-10-13(15)16-5/h8,10,12H,6-7,9,11H2,1-5H3. The molecule has 0 spiro atoms. The van der Waals surface area contributed by atoms with Crippen molar-refractivity contribution in [2.24, 2.45) is 5.41 Å². The summed E-state index contributed by atoms with van der Waals surface area (Å²) in [6, 6.07) is 0. The van der Waals surface area contributed by atoms with E-state index in [4.69, 9.17) is 4.74 Å². The van der Waals surface area contributed by atoms with Gasteiger partial charge in [-0.25, -0.2) is 4.79 Å². The first-order valence-electron chi connectivity index (χ1n) is 6.34. The van der Waals surface area contributed by atoms with E-state index >= 15 is 0 Å². The third kappa shape index (κ3) is 6.47. The van der Waals surface area contributed by atoms with Crippen molar-refractivity contribution in [3.05, 3.63) is 12.2 Å². The van der Waals surface area contributed by atoms with E-state index < -0.39 is 0 Å². The van der Waals surface area contributed by atoms with Crippen LogP contribution in [0.15, 0.2) is 12.2 Å². The summed E-state index contributed by atoms with van der Waals surface area (Å²) in [4.78, 5) is 11.0. The largest absolute Gasteiger partial charge is 0.466 e. The Bertz CT molecular complexity index is 244. The molecule has 0 aliphatic heterocycles. The Morgan fingerprint density at radius 1 is 1.35 bits per heavy atom. The number of rotatable bonds is 8. The number of esters is 1. The SMILES string of the molecule is CCCC(C)(C)C(CC=CC(=O)OC)OCC. The third-order valence-corrected chi connectivity index (χ3v) is 2.94. The van der Waals surface area contributed by atoms with Gasteiger partial charge in [0.2, 0.25) is 0 Å². The number of ether oxygens (including phenoxy) is 2. The predicted molar refractivity (Wildman–Crippen MR) is 69.9 cm³/mol. The van der Waals surface area contributed by atoms with Gasteiger partial charge in [0.05, 0.1) is 13.2 Å². The molecule has 1 unspecified atom stereocenters. The van der Waals surface area contributed by atoms with E-state index in [1.807, 2.05) is 13.0 Å². The van der Waals surface area contributed by atoms with E-state index in [0.717, 1.165) is 19.3 Å². The summed E-state index contributed by atoms with van der Waals surface area (Å²) in [5.41, 5.74) is 0.130. The predicted octanol–water partition coefficient (Wildman–Crippen LogP) is 3.34. The van der Waals surface area contributed by atoms with Crippen LogP contribution in [0.2, 0.25) is 0 Å². The van der Waals surface area contributed by atoms with Crippen molar-refractivity contribution in [1.29, 1.82) is 0 Å². The Kier molecular flexibility index (Phi) is 7.88. The molecule has 0 saturated carbocycles. The lowest BCUT2D eigenvalue weighted by Crippen LogP contribution is -2.31. The number of hydrogen-bond donors (Lipinski definition) is 0. The summed E-state index contributed by atoms with van der Waals surface area (Å²) < 4.78 is 10.3. The van der Waals surface area contributed by atoms with Crippen LogP contribution >= 0.6 is 0 Å². The topological polar surface area (TPSA) is 35.5 Å². The van der Waals surface area contributed by atoms with Crippen molar-refractivity contribution in [2.75, 3.05) is 13.7 Å². The van der Waals surface area contributed by atoms with Gasteiger partial charge in [-0.2, -0.15) is 0 Å². The molecule has 0 aromatic rings. The van der Waals surface area contributed by atoms with Gasteiger partial charge in [0.1, 0.15) is 0 Å². The van der Waals surface area contributed by atoms with Crippen LogP contribution in [-0.2, 0) is 14.3 Å². The van der Waals surface area contributed by atoms with Gasteiger partial charge in [0, 0.05) is 12.7 Å². The lowest BCUT2D eigenvalue weighted by atomic mass is 9.80. The fourth-order valence-corrected chi connectivity index (χ4v) is 1.98. The maximum absolute atomic E-state index is 11.0. The van der Waals surface area contributed by atoms with Crippen LogP contribution in [0.3, 0.4) is 0 Å². The minimum absolute atomic E-state index is 0.130. The molecule has 0 heterocycles. The molecule has 0 rings (SSSR count). The zero-order valence-electron chi connectivity index (χ0n) is 11.8. The van der Waals surface area contributed by atoms with Gasteiger partial charge in [-0.05, 0) is 25.2 Å². The molecule has 0 fully saturated rings. The zero-order chi connectivity index (χ0) is 13.3. The molecule has 0 saturated heterocycles. The molecule has 0 radical (unpaired) electrons. The van der Waals surface area contributed by atoms with Crippen molar-refractivity contribution in [2.45, 2.75) is 53.1 Å². The molecular formula is C14H26O3. The molecule has 17 heavy (non-hydrogen) atoms. The van der Waals surface area contributed by atoms with E-state index in [9.17, 15) is 4.79 Å². The molecule has 0 aromatic heterocycles. The van der Waals surface area contributed by atoms with Gasteiger partial charge >= 0.3 is 5.97 Å². The highest BCUT2D eigenvalue weighted by Crippen LogP contribution is 2.31. The molecule has 3 nitrogen and oxygen atoms in total. The molecule has 0 aliphatic rings. The molecular weight excluding hydrogens is 216 g/mol. The van der Waals surface area contributed by atoms with Gasteiger partial charge in [0.25, 0.3) is 0 Å². The van der Waals surface area contributed by atoms with Crippen LogP contribution in [0.4, 0.5) is 0 Å². The maximum atomic E-state index is 11.0. The minimum Gasteiger partial charge on any atom is -0.466 e. The fraction of sp³-hybridized carbons (Fsp3) is 0.786. The van der Waals surface area contributed by atoms with Crippen molar-refractivity contribution in [3.8, 4) is 0 Å². The van der Waals surface area contributed by atoms with Crippen molar-refractivity contribution < 1.29 is 14.3 Å². The molecule has 3 heteroatoms. The van der Waals surface area contributed by atoms with Gasteiger partial charge in [-0.1, -0.05) is 33.3 Å². The number of hydrogen-bond acceptors (Lipinski definition) is 3. The summed E-state index contributed by atoms with van der Waals surface area (Å²) >= 11 is 0. The first-order chi connectivity index (χ1) is 7.97. The van der Waals surface area contributed by atoms with E-state index in [0.29, 0.717) is 6.61 Å². The van der Waals surface area contributed by atoms with Crippen LogP contribution in [0.1, 0.15) is 47.0 Å². The molecule has 0 amide bonds. The zero-order valence-corrected chi connectivity index (χ0v) is 11.8. The molecule has 0 bridgehead atoms. The third-order valence-electron chi connectivity index (χ3n) is 2.94. The second-order valence-corrected chi connectivity index (χ2v) is 4.84. The van der Waals surface area contributed by atoms with E-state index in [1.54, 1.807) is 0 Å². The summed E-state index contributed by atoms with van der Waals surface area (Å²) in [5.74, 6) is -0.312. The molecule has 0 aromatic carbocycles. The fourth-order valence-electron chi connectivity index (χ4n) is 1.98. The molecule has 100 valence electrons. The monoisotopic (exact) mass is 242 g/mol. The van der Waals surface area contributed by atoms with Crippen LogP contribution in [0.5, 0.6) is 0 Å². The molecule has 0 N–H and O–H groups in total. The lowest BCUT2D eigenvalue weighted by Gasteiger charge is -2.33. The maximum Gasteiger partial charge on any atom is 0.330 e. The van der Waals surface area contributed by atoms with E-state index in [-0.39, 0.29) is 17.5 Å². The average molecular weight is 242 g/mol. The first-order valence-corrected chi connectivity index (χ1v) is 6.34. The number of carbonyl (C=O) groups excluding carboxylic acids is 1. The minimum atomic E-state index is -0.312. The number of carbonyl (C=O) groups is 1. The Labute approximate surface area is 105 Å². The highest BCUT2D eigenvalue weighted by molar-refractivity contribution is 5.81. The van der Waals surface area contributed by atoms with Crippen LogP contribution in [0.25, 0.3) is 0 Å². The van der Waals surface area contributed by atoms with Crippen molar-refractivity contribution in [1.82, 2.24) is 0 Å². The second kappa shape index (κ2) is 8.29. The van der Waals surface area contributed by atoms with Crippen LogP contribution in [-0.4, -0.2) is 25.8 Å².